The van der Waals surface area contributed by atoms with Crippen LogP contribution in [0.1, 0.15) is 31.9 Å². The van der Waals surface area contributed by atoms with Crippen LogP contribution in [0.3, 0.4) is 0 Å². The van der Waals surface area contributed by atoms with Gasteiger partial charge in [-0.25, -0.2) is 8.42 Å². The monoisotopic (exact) mass is 269 g/mol. The number of sulfone groups is 1. The number of nitrogens with one attached hydrogen (secondary N) is 1. The number of hydrogen-bond donors (Lipinski definition) is 1. The second-order valence-electron chi connectivity index (χ2n) is 5.76. The predicted molar refractivity (Wildman–Crippen MR) is 75.7 cm³/mol. The van der Waals surface area contributed by atoms with Gasteiger partial charge in [-0.3, -0.25) is 0 Å². The summed E-state index contributed by atoms with van der Waals surface area (Å²) in [6, 6.07) is 5.54. The van der Waals surface area contributed by atoms with Crippen LogP contribution < -0.4 is 5.32 Å². The van der Waals surface area contributed by atoms with Gasteiger partial charge < -0.3 is 5.32 Å². The zero-order valence-corrected chi connectivity index (χ0v) is 12.7. The van der Waals surface area contributed by atoms with Crippen LogP contribution in [0.4, 0.5) is 0 Å². The molecule has 18 heavy (non-hydrogen) atoms. The summed E-state index contributed by atoms with van der Waals surface area (Å²) in [5.41, 5.74) is 1.73. The van der Waals surface area contributed by atoms with Crippen molar-refractivity contribution in [3.05, 3.63) is 29.3 Å². The van der Waals surface area contributed by atoms with E-state index in [1.165, 1.54) is 0 Å². The maximum atomic E-state index is 12.3. The molecule has 0 atom stereocenters. The van der Waals surface area contributed by atoms with Gasteiger partial charge in [0.1, 0.15) is 0 Å². The normalized spacial score (nSPS) is 12.7. The van der Waals surface area contributed by atoms with Crippen molar-refractivity contribution < 1.29 is 8.42 Å². The Morgan fingerprint density at radius 3 is 2.33 bits per heavy atom. The molecule has 0 bridgehead atoms. The summed E-state index contributed by atoms with van der Waals surface area (Å²) in [5, 5.41) is 3.20. The van der Waals surface area contributed by atoms with Crippen LogP contribution in [0, 0.1) is 13.8 Å². The van der Waals surface area contributed by atoms with E-state index < -0.39 is 9.84 Å². The van der Waals surface area contributed by atoms with Crippen molar-refractivity contribution in [3.8, 4) is 0 Å². The lowest BCUT2D eigenvalue weighted by atomic mass is 10.1. The van der Waals surface area contributed by atoms with Gasteiger partial charge in [0.2, 0.25) is 0 Å². The van der Waals surface area contributed by atoms with E-state index in [9.17, 15) is 8.42 Å². The highest BCUT2D eigenvalue weighted by Crippen LogP contribution is 2.18. The first-order chi connectivity index (χ1) is 8.12. The minimum Gasteiger partial charge on any atom is -0.311 e. The summed E-state index contributed by atoms with van der Waals surface area (Å²) in [5.74, 6) is 0.133. The lowest BCUT2D eigenvalue weighted by molar-refractivity contribution is 0.438. The van der Waals surface area contributed by atoms with Gasteiger partial charge in [-0.05, 0) is 51.8 Å². The Morgan fingerprint density at radius 1 is 1.17 bits per heavy atom. The fraction of sp³-hybridized carbons (Fsp3) is 0.571. The Balaban J connectivity index is 2.84. The Kier molecular flexibility index (Phi) is 4.56. The minimum atomic E-state index is -3.20. The van der Waals surface area contributed by atoms with Gasteiger partial charge in [-0.2, -0.15) is 0 Å². The van der Waals surface area contributed by atoms with E-state index in [1.54, 1.807) is 6.07 Å². The van der Waals surface area contributed by atoms with Crippen LogP contribution in [0.2, 0.25) is 0 Å². The summed E-state index contributed by atoms with van der Waals surface area (Å²) in [4.78, 5) is 0.457. The molecule has 1 N–H and O–H groups in total. The molecule has 0 radical (unpaired) electrons. The Labute approximate surface area is 111 Å². The Hall–Kier alpha value is -0.870. The number of aryl methyl sites for hydroxylation is 2. The van der Waals surface area contributed by atoms with Crippen molar-refractivity contribution in [1.29, 1.82) is 0 Å². The minimum absolute atomic E-state index is 0.0584. The molecular weight excluding hydrogens is 246 g/mol. The van der Waals surface area contributed by atoms with Crippen molar-refractivity contribution in [2.75, 3.05) is 12.3 Å². The van der Waals surface area contributed by atoms with E-state index >= 15 is 0 Å². The van der Waals surface area contributed by atoms with Gasteiger partial charge >= 0.3 is 0 Å². The van der Waals surface area contributed by atoms with Crippen LogP contribution in [-0.2, 0) is 9.84 Å². The third-order valence-electron chi connectivity index (χ3n) is 2.70. The number of hydrogen-bond acceptors (Lipinski definition) is 3. The van der Waals surface area contributed by atoms with Gasteiger partial charge in [0, 0.05) is 12.1 Å². The third-order valence-corrected chi connectivity index (χ3v) is 4.56. The summed E-state index contributed by atoms with van der Waals surface area (Å²) >= 11 is 0. The summed E-state index contributed by atoms with van der Waals surface area (Å²) in [6.07, 6.45) is 0. The van der Waals surface area contributed by atoms with E-state index in [4.69, 9.17) is 0 Å². The number of rotatable bonds is 4. The standard InChI is InChI=1S/C14H23NO2S/c1-11-6-7-12(2)13(10-11)18(16,17)9-8-15-14(3,4)5/h6-7,10,15H,8-9H2,1-5H3. The molecule has 3 nitrogen and oxygen atoms in total. The van der Waals surface area contributed by atoms with E-state index in [2.05, 4.69) is 5.32 Å². The molecule has 1 aromatic carbocycles. The average molecular weight is 269 g/mol. The highest BCUT2D eigenvalue weighted by atomic mass is 32.2. The van der Waals surface area contributed by atoms with Crippen molar-refractivity contribution >= 4 is 9.84 Å². The maximum Gasteiger partial charge on any atom is 0.179 e. The second-order valence-corrected chi connectivity index (χ2v) is 7.84. The smallest absolute Gasteiger partial charge is 0.179 e. The fourth-order valence-corrected chi connectivity index (χ4v) is 3.23. The molecule has 1 rings (SSSR count). The van der Waals surface area contributed by atoms with E-state index in [1.807, 2.05) is 46.8 Å². The molecule has 0 saturated heterocycles. The van der Waals surface area contributed by atoms with Gasteiger partial charge in [-0.1, -0.05) is 12.1 Å². The van der Waals surface area contributed by atoms with Crippen LogP contribution in [0.5, 0.6) is 0 Å². The van der Waals surface area contributed by atoms with E-state index in [0.717, 1.165) is 11.1 Å². The first kappa shape index (κ1) is 15.2. The molecule has 0 aliphatic heterocycles. The van der Waals surface area contributed by atoms with Crippen LogP contribution in [-0.4, -0.2) is 26.3 Å². The highest BCUT2D eigenvalue weighted by molar-refractivity contribution is 7.91. The van der Waals surface area contributed by atoms with Gasteiger partial charge in [0.05, 0.1) is 10.6 Å². The van der Waals surface area contributed by atoms with Gasteiger partial charge in [0.15, 0.2) is 9.84 Å². The largest absolute Gasteiger partial charge is 0.311 e. The quantitative estimate of drug-likeness (QED) is 0.913. The van der Waals surface area contributed by atoms with E-state index in [-0.39, 0.29) is 11.3 Å². The molecule has 0 saturated carbocycles. The van der Waals surface area contributed by atoms with Gasteiger partial charge in [-0.15, -0.1) is 0 Å². The second kappa shape index (κ2) is 5.41. The molecule has 0 aliphatic rings. The molecule has 1 aromatic rings. The third kappa shape index (κ3) is 4.42. The summed E-state index contributed by atoms with van der Waals surface area (Å²) in [6.45, 7) is 10.3. The van der Waals surface area contributed by atoms with Crippen LogP contribution in [0.25, 0.3) is 0 Å². The topological polar surface area (TPSA) is 46.2 Å². The lowest BCUT2D eigenvalue weighted by Crippen LogP contribution is -2.38. The summed E-state index contributed by atoms with van der Waals surface area (Å²) in [7, 11) is -3.20. The fourth-order valence-electron chi connectivity index (χ4n) is 1.71. The molecule has 0 fully saturated rings. The number of benzene rings is 1. The molecule has 4 heteroatoms. The summed E-state index contributed by atoms with van der Waals surface area (Å²) < 4.78 is 24.5. The lowest BCUT2D eigenvalue weighted by Gasteiger charge is -2.20. The van der Waals surface area contributed by atoms with Crippen molar-refractivity contribution in [2.24, 2.45) is 0 Å². The molecule has 0 aromatic heterocycles. The maximum absolute atomic E-state index is 12.3. The highest BCUT2D eigenvalue weighted by Gasteiger charge is 2.18. The molecular formula is C14H23NO2S. The van der Waals surface area contributed by atoms with Crippen molar-refractivity contribution in [3.63, 3.8) is 0 Å². The first-order valence-electron chi connectivity index (χ1n) is 6.17. The van der Waals surface area contributed by atoms with Crippen molar-refractivity contribution in [1.82, 2.24) is 5.32 Å². The Bertz CT molecular complexity index is 513. The predicted octanol–water partition coefficient (Wildman–Crippen LogP) is 2.47. The van der Waals surface area contributed by atoms with Crippen LogP contribution in [0.15, 0.2) is 23.1 Å². The van der Waals surface area contributed by atoms with E-state index in [0.29, 0.717) is 11.4 Å². The zero-order valence-electron chi connectivity index (χ0n) is 11.9. The Morgan fingerprint density at radius 2 is 1.78 bits per heavy atom. The van der Waals surface area contributed by atoms with Crippen molar-refractivity contribution in [2.45, 2.75) is 45.1 Å². The van der Waals surface area contributed by atoms with Gasteiger partial charge in [0.25, 0.3) is 0 Å². The molecule has 0 unspecified atom stereocenters. The first-order valence-corrected chi connectivity index (χ1v) is 7.82. The SMILES string of the molecule is Cc1ccc(C)c(S(=O)(=O)CCNC(C)(C)C)c1. The molecule has 0 amide bonds. The zero-order chi connectivity index (χ0) is 14.0. The molecule has 0 spiro atoms. The van der Waals surface area contributed by atoms with Crippen LogP contribution >= 0.6 is 0 Å². The molecule has 0 aliphatic carbocycles. The average Bonchev–Trinajstić information content (AvgIpc) is 2.19. The molecule has 0 heterocycles. The molecule has 102 valence electrons.